The first-order chi connectivity index (χ1) is 13.6. The zero-order chi connectivity index (χ0) is 21.1. The quantitative estimate of drug-likeness (QED) is 0.717. The van der Waals surface area contributed by atoms with E-state index in [9.17, 15) is 14.7 Å². The van der Waals surface area contributed by atoms with Crippen LogP contribution in [0.15, 0.2) is 23.5 Å². The Morgan fingerprint density at radius 1 is 1.24 bits per heavy atom. The number of rotatable bonds is 2. The summed E-state index contributed by atoms with van der Waals surface area (Å²) >= 11 is 0. The largest absolute Gasteiger partial charge is 0.431 e. The fourth-order valence-corrected chi connectivity index (χ4v) is 7.42. The molecule has 4 rings (SSSR count). The van der Waals surface area contributed by atoms with Gasteiger partial charge in [-0.05, 0) is 72.3 Å². The van der Waals surface area contributed by atoms with Crippen molar-refractivity contribution in [2.75, 3.05) is 14.1 Å². The van der Waals surface area contributed by atoms with Gasteiger partial charge in [0.2, 0.25) is 5.91 Å². The van der Waals surface area contributed by atoms with Crippen molar-refractivity contribution < 1.29 is 19.4 Å². The Morgan fingerprint density at radius 2 is 1.97 bits per heavy atom. The second kappa shape index (κ2) is 6.97. The number of hydrogen-bond acceptors (Lipinski definition) is 4. The summed E-state index contributed by atoms with van der Waals surface area (Å²) in [5.41, 5.74) is 0.983. The summed E-state index contributed by atoms with van der Waals surface area (Å²) in [4.78, 5) is 26.0. The topological polar surface area (TPSA) is 66.8 Å². The highest BCUT2D eigenvalue weighted by Crippen LogP contribution is 2.66. The van der Waals surface area contributed by atoms with Gasteiger partial charge in [-0.1, -0.05) is 19.9 Å². The molecule has 0 spiro atoms. The molecule has 2 saturated carbocycles. The van der Waals surface area contributed by atoms with Crippen molar-refractivity contribution in [2.45, 2.75) is 65.4 Å². The third-order valence-corrected chi connectivity index (χ3v) is 8.68. The van der Waals surface area contributed by atoms with Gasteiger partial charge in [-0.15, -0.1) is 0 Å². The minimum atomic E-state index is -0.408. The molecule has 5 heteroatoms. The van der Waals surface area contributed by atoms with Crippen LogP contribution in [-0.4, -0.2) is 42.1 Å². The smallest absolute Gasteiger partial charge is 0.307 e. The number of carbonyl (C=O) groups is 2. The number of amides is 1. The van der Waals surface area contributed by atoms with Gasteiger partial charge in [0, 0.05) is 33.4 Å². The molecule has 1 amide bonds. The fraction of sp³-hybridized carbons (Fsp3) is 0.750. The molecule has 2 fully saturated rings. The predicted octanol–water partition coefficient (Wildman–Crippen LogP) is 3.68. The van der Waals surface area contributed by atoms with Gasteiger partial charge < -0.3 is 14.7 Å². The maximum absolute atomic E-state index is 12.9. The van der Waals surface area contributed by atoms with Crippen molar-refractivity contribution in [2.24, 2.45) is 34.5 Å². The number of aliphatic hydroxyl groups excluding tert-OH is 1. The Morgan fingerprint density at radius 3 is 2.62 bits per heavy atom. The van der Waals surface area contributed by atoms with Crippen LogP contribution in [0.25, 0.3) is 0 Å². The molecule has 7 atom stereocenters. The van der Waals surface area contributed by atoms with Crippen LogP contribution in [0.4, 0.5) is 0 Å². The maximum Gasteiger partial charge on any atom is 0.307 e. The highest BCUT2D eigenvalue weighted by Gasteiger charge is 2.62. The molecule has 0 aromatic carbocycles. The summed E-state index contributed by atoms with van der Waals surface area (Å²) < 4.78 is 5.37. The normalized spacial score (nSPS) is 43.3. The van der Waals surface area contributed by atoms with E-state index in [0.717, 1.165) is 37.9 Å². The number of allylic oxidation sites excluding steroid dienone is 4. The van der Waals surface area contributed by atoms with E-state index in [4.69, 9.17) is 4.74 Å². The summed E-state index contributed by atoms with van der Waals surface area (Å²) in [5, 5.41) is 11.4. The van der Waals surface area contributed by atoms with Crippen molar-refractivity contribution in [3.05, 3.63) is 23.5 Å². The van der Waals surface area contributed by atoms with E-state index in [0.29, 0.717) is 18.3 Å². The number of carbonyl (C=O) groups excluding carboxylic acids is 2. The summed E-state index contributed by atoms with van der Waals surface area (Å²) in [6, 6.07) is 0. The average molecular weight is 402 g/mol. The van der Waals surface area contributed by atoms with Crippen LogP contribution in [0.1, 0.15) is 59.3 Å². The highest BCUT2D eigenvalue weighted by molar-refractivity contribution is 5.79. The molecular weight excluding hydrogens is 366 g/mol. The van der Waals surface area contributed by atoms with E-state index in [2.05, 4.69) is 19.9 Å². The molecule has 0 aromatic rings. The van der Waals surface area contributed by atoms with Crippen molar-refractivity contribution >= 4 is 11.9 Å². The van der Waals surface area contributed by atoms with Gasteiger partial charge in [-0.25, -0.2) is 0 Å². The first-order valence-corrected chi connectivity index (χ1v) is 11.1. The lowest BCUT2D eigenvalue weighted by atomic mass is 9.47. The third kappa shape index (κ3) is 3.08. The van der Waals surface area contributed by atoms with E-state index in [1.807, 2.05) is 20.2 Å². The molecule has 29 heavy (non-hydrogen) atoms. The van der Waals surface area contributed by atoms with Crippen molar-refractivity contribution in [3.63, 3.8) is 0 Å². The molecule has 7 unspecified atom stereocenters. The van der Waals surface area contributed by atoms with E-state index >= 15 is 0 Å². The number of esters is 1. The lowest BCUT2D eigenvalue weighted by Gasteiger charge is -2.58. The highest BCUT2D eigenvalue weighted by atomic mass is 16.5. The maximum atomic E-state index is 12.9. The molecule has 0 heterocycles. The standard InChI is InChI=1S/C24H35NO4/c1-14(26)29-16-10-11-23(2)15(12-16)6-7-17-18-8-9-19(22(28)25(4)5)24(18,3)13-20(27)21(17)23/h6,12,17-21,27H,7-11,13H2,1-5H3. The first-order valence-electron chi connectivity index (χ1n) is 11.1. The van der Waals surface area contributed by atoms with Gasteiger partial charge in [0.1, 0.15) is 5.76 Å². The Bertz CT molecular complexity index is 784. The van der Waals surface area contributed by atoms with Crippen molar-refractivity contribution in [1.82, 2.24) is 4.90 Å². The molecule has 0 saturated heterocycles. The van der Waals surface area contributed by atoms with Crippen LogP contribution >= 0.6 is 0 Å². The van der Waals surface area contributed by atoms with Crippen molar-refractivity contribution in [3.8, 4) is 0 Å². The van der Waals surface area contributed by atoms with E-state index < -0.39 is 6.10 Å². The Kier molecular flexibility index (Phi) is 4.96. The van der Waals surface area contributed by atoms with Crippen LogP contribution in [0.2, 0.25) is 0 Å². The molecule has 160 valence electrons. The molecule has 1 N–H and O–H groups in total. The monoisotopic (exact) mass is 401 g/mol. The van der Waals surface area contributed by atoms with Crippen LogP contribution in [0, 0.1) is 34.5 Å². The summed E-state index contributed by atoms with van der Waals surface area (Å²) in [5.74, 6) is 1.77. The van der Waals surface area contributed by atoms with Gasteiger partial charge >= 0.3 is 5.97 Å². The Balaban J connectivity index is 1.66. The predicted molar refractivity (Wildman–Crippen MR) is 111 cm³/mol. The molecule has 4 aliphatic carbocycles. The van der Waals surface area contributed by atoms with Crippen LogP contribution in [-0.2, 0) is 14.3 Å². The average Bonchev–Trinajstić information content (AvgIpc) is 2.97. The summed E-state index contributed by atoms with van der Waals surface area (Å²) in [6.07, 6.45) is 9.19. The van der Waals surface area contributed by atoms with Crippen molar-refractivity contribution in [1.29, 1.82) is 0 Å². The summed E-state index contributed by atoms with van der Waals surface area (Å²) in [6.45, 7) is 5.97. The van der Waals surface area contributed by atoms with E-state index in [1.165, 1.54) is 12.5 Å². The molecule has 4 aliphatic rings. The lowest BCUT2D eigenvalue weighted by Crippen LogP contribution is -2.56. The number of hydrogen-bond donors (Lipinski definition) is 1. The van der Waals surface area contributed by atoms with E-state index in [1.54, 1.807) is 4.90 Å². The molecular formula is C24H35NO4. The molecule has 0 bridgehead atoms. The van der Waals surface area contributed by atoms with Gasteiger partial charge in [0.15, 0.2) is 0 Å². The molecule has 0 aliphatic heterocycles. The lowest BCUT2D eigenvalue weighted by molar-refractivity contribution is -0.148. The Hall–Kier alpha value is -1.62. The van der Waals surface area contributed by atoms with Crippen LogP contribution in [0.3, 0.4) is 0 Å². The fourth-order valence-electron chi connectivity index (χ4n) is 7.42. The van der Waals surface area contributed by atoms with Crippen LogP contribution < -0.4 is 0 Å². The van der Waals surface area contributed by atoms with Gasteiger partial charge in [-0.2, -0.15) is 0 Å². The summed E-state index contributed by atoms with van der Waals surface area (Å²) in [7, 11) is 3.68. The second-order valence-corrected chi connectivity index (χ2v) is 10.5. The van der Waals surface area contributed by atoms with Crippen LogP contribution in [0.5, 0.6) is 0 Å². The number of aliphatic hydroxyl groups is 1. The van der Waals surface area contributed by atoms with Gasteiger partial charge in [-0.3, -0.25) is 9.59 Å². The zero-order valence-corrected chi connectivity index (χ0v) is 18.4. The van der Waals surface area contributed by atoms with E-state index in [-0.39, 0.29) is 34.5 Å². The Labute approximate surface area is 174 Å². The SMILES string of the molecule is CC(=O)OC1=CC2=CCC3C(C(O)CC4(C)C(C(=O)N(C)C)CCC34)C2(C)CC1. The number of nitrogens with zero attached hydrogens (tertiary/aromatic N) is 1. The zero-order valence-electron chi connectivity index (χ0n) is 18.4. The molecule has 0 radical (unpaired) electrons. The third-order valence-electron chi connectivity index (χ3n) is 8.68. The first kappa shape index (κ1) is 20.6. The van der Waals surface area contributed by atoms with Gasteiger partial charge in [0.25, 0.3) is 0 Å². The minimum absolute atomic E-state index is 0.0121. The number of ether oxygens (including phenoxy) is 1. The number of fused-ring (bicyclic) bond motifs is 5. The molecule has 5 nitrogen and oxygen atoms in total. The second-order valence-electron chi connectivity index (χ2n) is 10.5. The molecule has 0 aromatic heterocycles. The minimum Gasteiger partial charge on any atom is -0.431 e. The van der Waals surface area contributed by atoms with Gasteiger partial charge in [0.05, 0.1) is 6.10 Å².